The highest BCUT2D eigenvalue weighted by Gasteiger charge is 2.35. The molecular weight excluding hydrogens is 392 g/mol. The van der Waals surface area contributed by atoms with Crippen LogP contribution in [0.5, 0.6) is 0 Å². The molecule has 0 spiro atoms. The Labute approximate surface area is 175 Å². The molecule has 3 rings (SSSR count). The van der Waals surface area contributed by atoms with Gasteiger partial charge in [-0.3, -0.25) is 19.8 Å². The van der Waals surface area contributed by atoms with Gasteiger partial charge in [0.2, 0.25) is 11.8 Å². The Balaban J connectivity index is 1.74. The Bertz CT molecular complexity index is 878. The zero-order valence-corrected chi connectivity index (χ0v) is 17.7. The Morgan fingerprint density at radius 2 is 2.14 bits per heavy atom. The number of hydrogen-bond donors (Lipinski definition) is 2. The molecule has 2 amide bonds. The number of likely N-dealkylation sites (tertiary alicyclic amines) is 1. The van der Waals surface area contributed by atoms with E-state index in [0.717, 1.165) is 24.2 Å². The minimum absolute atomic E-state index is 0.309. The standard InChI is InChI=1S/C20H27ClN6O2/c1-20(2,3)17(22)19(29)25-18(28)16-5-4-8-26(16)10-13-9-14(21)6-7-15(13)27-12-23-11-24-27/h6-7,9,11-12,16-17H,4-5,8,10,22H2,1-3H3,(H,25,28,29)/t16-,17-/m0/s1. The van der Waals surface area contributed by atoms with Gasteiger partial charge < -0.3 is 5.73 Å². The van der Waals surface area contributed by atoms with Crippen LogP contribution in [-0.4, -0.2) is 50.1 Å². The van der Waals surface area contributed by atoms with Crippen molar-refractivity contribution in [1.29, 1.82) is 0 Å². The van der Waals surface area contributed by atoms with E-state index in [1.54, 1.807) is 17.1 Å². The lowest BCUT2D eigenvalue weighted by Gasteiger charge is -2.28. The molecule has 29 heavy (non-hydrogen) atoms. The average molecular weight is 419 g/mol. The van der Waals surface area contributed by atoms with Crippen LogP contribution in [0.1, 0.15) is 39.2 Å². The van der Waals surface area contributed by atoms with Gasteiger partial charge in [-0.1, -0.05) is 32.4 Å². The van der Waals surface area contributed by atoms with E-state index in [-0.39, 0.29) is 5.91 Å². The zero-order chi connectivity index (χ0) is 21.2. The second kappa shape index (κ2) is 8.61. The first kappa shape index (κ1) is 21.4. The summed E-state index contributed by atoms with van der Waals surface area (Å²) < 4.78 is 1.67. The first-order chi connectivity index (χ1) is 13.7. The predicted molar refractivity (Wildman–Crippen MR) is 110 cm³/mol. The van der Waals surface area contributed by atoms with Gasteiger partial charge in [0.15, 0.2) is 0 Å². The van der Waals surface area contributed by atoms with Crippen LogP contribution in [0.3, 0.4) is 0 Å². The van der Waals surface area contributed by atoms with Crippen LogP contribution in [0.15, 0.2) is 30.9 Å². The van der Waals surface area contributed by atoms with Crippen LogP contribution in [0.4, 0.5) is 0 Å². The van der Waals surface area contributed by atoms with Crippen molar-refractivity contribution in [2.45, 2.75) is 52.2 Å². The second-order valence-corrected chi connectivity index (χ2v) is 8.88. The molecule has 156 valence electrons. The SMILES string of the molecule is CC(C)(C)[C@@H](N)C(=O)NC(=O)[C@@H]1CCCN1Cc1cc(Cl)ccc1-n1cncn1. The molecule has 1 saturated heterocycles. The maximum atomic E-state index is 12.8. The third kappa shape index (κ3) is 5.01. The molecule has 0 aliphatic carbocycles. The molecule has 3 N–H and O–H groups in total. The van der Waals surface area contributed by atoms with E-state index in [1.165, 1.54) is 6.33 Å². The molecule has 2 atom stereocenters. The summed E-state index contributed by atoms with van der Waals surface area (Å²) in [5.74, 6) is -0.753. The lowest BCUT2D eigenvalue weighted by Crippen LogP contribution is -2.53. The van der Waals surface area contributed by atoms with E-state index in [1.807, 2.05) is 32.9 Å². The van der Waals surface area contributed by atoms with Crippen LogP contribution < -0.4 is 11.1 Å². The number of nitrogens with two attached hydrogens (primary N) is 1. The number of aromatic nitrogens is 3. The number of nitrogens with zero attached hydrogens (tertiary/aromatic N) is 4. The van der Waals surface area contributed by atoms with Crippen molar-refractivity contribution >= 4 is 23.4 Å². The smallest absolute Gasteiger partial charge is 0.244 e. The van der Waals surface area contributed by atoms with Gasteiger partial charge >= 0.3 is 0 Å². The van der Waals surface area contributed by atoms with Gasteiger partial charge in [0.1, 0.15) is 12.7 Å². The summed E-state index contributed by atoms with van der Waals surface area (Å²) in [6, 6.07) is 4.39. The number of halogens is 1. The summed E-state index contributed by atoms with van der Waals surface area (Å²) in [5, 5.41) is 7.30. The Morgan fingerprint density at radius 1 is 1.38 bits per heavy atom. The van der Waals surface area contributed by atoms with E-state index in [2.05, 4.69) is 20.3 Å². The van der Waals surface area contributed by atoms with Crippen molar-refractivity contribution in [2.24, 2.45) is 11.1 Å². The van der Waals surface area contributed by atoms with Crippen molar-refractivity contribution in [3.63, 3.8) is 0 Å². The van der Waals surface area contributed by atoms with Gasteiger partial charge in [-0.2, -0.15) is 5.10 Å². The van der Waals surface area contributed by atoms with Crippen LogP contribution >= 0.6 is 11.6 Å². The molecule has 0 radical (unpaired) electrons. The normalized spacial score (nSPS) is 18.6. The number of amides is 2. The molecule has 1 aromatic carbocycles. The average Bonchev–Trinajstić information content (AvgIpc) is 3.32. The van der Waals surface area contributed by atoms with E-state index in [9.17, 15) is 9.59 Å². The van der Waals surface area contributed by atoms with E-state index in [0.29, 0.717) is 18.0 Å². The fourth-order valence-electron chi connectivity index (χ4n) is 3.44. The Hall–Kier alpha value is -2.29. The zero-order valence-electron chi connectivity index (χ0n) is 16.9. The second-order valence-electron chi connectivity index (χ2n) is 8.44. The first-order valence-corrected chi connectivity index (χ1v) is 10.0. The number of imide groups is 1. The maximum Gasteiger partial charge on any atom is 0.244 e. The summed E-state index contributed by atoms with van der Waals surface area (Å²) >= 11 is 6.21. The highest BCUT2D eigenvalue weighted by molar-refractivity contribution is 6.30. The minimum Gasteiger partial charge on any atom is -0.319 e. The van der Waals surface area contributed by atoms with Crippen molar-refractivity contribution in [1.82, 2.24) is 25.0 Å². The molecule has 8 nitrogen and oxygen atoms in total. The lowest BCUT2D eigenvalue weighted by molar-refractivity contribution is -0.134. The quantitative estimate of drug-likeness (QED) is 0.768. The van der Waals surface area contributed by atoms with Gasteiger partial charge in [0, 0.05) is 11.6 Å². The number of nitrogens with one attached hydrogen (secondary N) is 1. The number of carbonyl (C=O) groups is 2. The third-order valence-corrected chi connectivity index (χ3v) is 5.44. The number of rotatable bonds is 5. The monoisotopic (exact) mass is 418 g/mol. The van der Waals surface area contributed by atoms with Gasteiger partial charge in [-0.05, 0) is 48.6 Å². The van der Waals surface area contributed by atoms with Crippen LogP contribution in [0, 0.1) is 5.41 Å². The fraction of sp³-hybridized carbons (Fsp3) is 0.500. The van der Waals surface area contributed by atoms with E-state index in [4.69, 9.17) is 17.3 Å². The number of hydrogen-bond acceptors (Lipinski definition) is 6. The summed E-state index contributed by atoms with van der Waals surface area (Å²) in [6.07, 6.45) is 4.64. The molecule has 9 heteroatoms. The molecule has 1 aromatic heterocycles. The molecule has 1 aliphatic rings. The largest absolute Gasteiger partial charge is 0.319 e. The molecule has 1 aliphatic heterocycles. The molecule has 2 heterocycles. The van der Waals surface area contributed by atoms with Crippen molar-refractivity contribution in [2.75, 3.05) is 6.54 Å². The lowest BCUT2D eigenvalue weighted by atomic mass is 9.87. The molecule has 0 unspecified atom stereocenters. The fourth-order valence-corrected chi connectivity index (χ4v) is 3.64. The molecule has 0 saturated carbocycles. The summed E-state index contributed by atoms with van der Waals surface area (Å²) in [5.41, 5.74) is 7.34. The first-order valence-electron chi connectivity index (χ1n) is 9.64. The van der Waals surface area contributed by atoms with E-state index < -0.39 is 23.4 Å². The summed E-state index contributed by atoms with van der Waals surface area (Å²) in [7, 11) is 0. The molecular formula is C20H27ClN6O2. The van der Waals surface area contributed by atoms with Crippen molar-refractivity contribution in [3.8, 4) is 5.69 Å². The Kier molecular flexibility index (Phi) is 6.36. The number of benzene rings is 1. The van der Waals surface area contributed by atoms with Gasteiger partial charge in [-0.15, -0.1) is 0 Å². The van der Waals surface area contributed by atoms with Crippen molar-refractivity contribution < 1.29 is 9.59 Å². The topological polar surface area (TPSA) is 106 Å². The molecule has 0 bridgehead atoms. The third-order valence-electron chi connectivity index (χ3n) is 5.21. The van der Waals surface area contributed by atoms with Crippen molar-refractivity contribution in [3.05, 3.63) is 41.4 Å². The van der Waals surface area contributed by atoms with Crippen LogP contribution in [0.25, 0.3) is 5.69 Å². The Morgan fingerprint density at radius 3 is 2.79 bits per heavy atom. The van der Waals surface area contributed by atoms with Gasteiger partial charge in [0.25, 0.3) is 0 Å². The molecule has 2 aromatic rings. The van der Waals surface area contributed by atoms with Crippen LogP contribution in [-0.2, 0) is 16.1 Å². The highest BCUT2D eigenvalue weighted by Crippen LogP contribution is 2.26. The summed E-state index contributed by atoms with van der Waals surface area (Å²) in [6.45, 7) is 6.87. The minimum atomic E-state index is -0.756. The predicted octanol–water partition coefficient (Wildman–Crippen LogP) is 1.90. The van der Waals surface area contributed by atoms with Crippen LogP contribution in [0.2, 0.25) is 5.02 Å². The summed E-state index contributed by atoms with van der Waals surface area (Å²) in [4.78, 5) is 31.2. The van der Waals surface area contributed by atoms with Gasteiger partial charge in [0.05, 0.1) is 17.8 Å². The highest BCUT2D eigenvalue weighted by atomic mass is 35.5. The number of carbonyl (C=O) groups excluding carboxylic acids is 2. The molecule has 1 fully saturated rings. The van der Waals surface area contributed by atoms with E-state index >= 15 is 0 Å². The van der Waals surface area contributed by atoms with Gasteiger partial charge in [-0.25, -0.2) is 9.67 Å². The maximum absolute atomic E-state index is 12.8.